The van der Waals surface area contributed by atoms with Crippen LogP contribution in [-0.2, 0) is 6.42 Å². The molecule has 0 saturated heterocycles. The summed E-state index contributed by atoms with van der Waals surface area (Å²) in [5.74, 6) is -0.795. The van der Waals surface area contributed by atoms with E-state index < -0.39 is 11.7 Å². The molecule has 2 N–H and O–H groups in total. The molecule has 0 saturated carbocycles. The summed E-state index contributed by atoms with van der Waals surface area (Å²) in [7, 11) is 0. The van der Waals surface area contributed by atoms with Gasteiger partial charge in [-0.3, -0.25) is 9.89 Å². The number of aryl methyl sites for hydroxylation is 1. The molecule has 2 aromatic rings. The summed E-state index contributed by atoms with van der Waals surface area (Å²) in [5.41, 5.74) is 0.673. The molecule has 1 heterocycles. The Bertz CT molecular complexity index is 562. The number of hydrogen-bond donors (Lipinski definition) is 2. The van der Waals surface area contributed by atoms with Gasteiger partial charge in [-0.1, -0.05) is 24.6 Å². The Morgan fingerprint density at radius 3 is 3.00 bits per heavy atom. The van der Waals surface area contributed by atoms with Crippen LogP contribution in [0.2, 0.25) is 5.02 Å². The summed E-state index contributed by atoms with van der Waals surface area (Å²) in [6.07, 6.45) is 2.32. The van der Waals surface area contributed by atoms with Gasteiger partial charge in [0.1, 0.15) is 11.6 Å². The SMILES string of the molecule is CCc1cn[nH]c1NC(=O)c1c(F)cccc1Cl. The zero-order chi connectivity index (χ0) is 13.1. The van der Waals surface area contributed by atoms with Crippen LogP contribution in [-0.4, -0.2) is 16.1 Å². The quantitative estimate of drug-likeness (QED) is 0.898. The van der Waals surface area contributed by atoms with Gasteiger partial charge in [0.05, 0.1) is 16.8 Å². The maximum atomic E-state index is 13.5. The number of hydrogen-bond acceptors (Lipinski definition) is 2. The predicted octanol–water partition coefficient (Wildman–Crippen LogP) is 3.02. The zero-order valence-corrected chi connectivity index (χ0v) is 10.4. The largest absolute Gasteiger partial charge is 0.307 e. The van der Waals surface area contributed by atoms with Gasteiger partial charge in [-0.05, 0) is 18.6 Å². The number of aromatic nitrogens is 2. The number of anilines is 1. The van der Waals surface area contributed by atoms with Crippen LogP contribution >= 0.6 is 11.6 Å². The van der Waals surface area contributed by atoms with Gasteiger partial charge in [0.2, 0.25) is 0 Å². The van der Waals surface area contributed by atoms with Crippen molar-refractivity contribution in [1.82, 2.24) is 10.2 Å². The Balaban J connectivity index is 2.28. The van der Waals surface area contributed by atoms with E-state index in [1.54, 1.807) is 6.20 Å². The summed E-state index contributed by atoms with van der Waals surface area (Å²) in [6.45, 7) is 1.93. The topological polar surface area (TPSA) is 57.8 Å². The standard InChI is InChI=1S/C12H11ClFN3O/c1-2-7-6-15-17-11(7)16-12(18)10-8(13)4-3-5-9(10)14/h3-6H,2H2,1H3,(H2,15,16,17,18). The van der Waals surface area contributed by atoms with Gasteiger partial charge in [-0.25, -0.2) is 4.39 Å². The van der Waals surface area contributed by atoms with Crippen LogP contribution in [0.25, 0.3) is 0 Å². The summed E-state index contributed by atoms with van der Waals surface area (Å²) >= 11 is 5.81. The smallest absolute Gasteiger partial charge is 0.261 e. The lowest BCUT2D eigenvalue weighted by molar-refractivity contribution is 0.102. The molecule has 2 rings (SSSR count). The number of benzene rings is 1. The molecule has 0 unspecified atom stereocenters. The second-order valence-corrected chi connectivity index (χ2v) is 4.08. The fraction of sp³-hybridized carbons (Fsp3) is 0.167. The summed E-state index contributed by atoms with van der Waals surface area (Å²) in [4.78, 5) is 11.9. The second-order valence-electron chi connectivity index (χ2n) is 3.67. The Hall–Kier alpha value is -1.88. The van der Waals surface area contributed by atoms with Gasteiger partial charge < -0.3 is 5.32 Å². The van der Waals surface area contributed by atoms with Crippen molar-refractivity contribution in [3.8, 4) is 0 Å². The third-order valence-corrected chi connectivity index (χ3v) is 2.84. The molecule has 0 aliphatic heterocycles. The normalized spacial score (nSPS) is 10.4. The molecule has 94 valence electrons. The van der Waals surface area contributed by atoms with E-state index in [1.807, 2.05) is 6.92 Å². The van der Waals surface area contributed by atoms with E-state index >= 15 is 0 Å². The molecule has 0 bridgehead atoms. The van der Waals surface area contributed by atoms with Crippen molar-refractivity contribution in [1.29, 1.82) is 0 Å². The van der Waals surface area contributed by atoms with E-state index in [2.05, 4.69) is 15.5 Å². The van der Waals surface area contributed by atoms with Crippen LogP contribution < -0.4 is 5.32 Å². The number of aromatic amines is 1. The predicted molar refractivity (Wildman–Crippen MR) is 67.3 cm³/mol. The fourth-order valence-corrected chi connectivity index (χ4v) is 1.83. The molecule has 0 aliphatic rings. The van der Waals surface area contributed by atoms with Crippen molar-refractivity contribution in [2.24, 2.45) is 0 Å². The lowest BCUT2D eigenvalue weighted by Gasteiger charge is -2.07. The van der Waals surface area contributed by atoms with Gasteiger partial charge in [-0.2, -0.15) is 5.10 Å². The fourth-order valence-electron chi connectivity index (χ4n) is 1.58. The van der Waals surface area contributed by atoms with Crippen molar-refractivity contribution in [2.75, 3.05) is 5.32 Å². The molecule has 0 atom stereocenters. The summed E-state index contributed by atoms with van der Waals surface area (Å²) < 4.78 is 13.5. The van der Waals surface area contributed by atoms with Crippen molar-refractivity contribution < 1.29 is 9.18 Å². The number of carbonyl (C=O) groups is 1. The highest BCUT2D eigenvalue weighted by atomic mass is 35.5. The van der Waals surface area contributed by atoms with E-state index in [1.165, 1.54) is 18.2 Å². The molecule has 1 aromatic heterocycles. The van der Waals surface area contributed by atoms with Gasteiger partial charge >= 0.3 is 0 Å². The van der Waals surface area contributed by atoms with E-state index in [4.69, 9.17) is 11.6 Å². The van der Waals surface area contributed by atoms with Gasteiger partial charge in [0.25, 0.3) is 5.91 Å². The van der Waals surface area contributed by atoms with Crippen LogP contribution in [0.3, 0.4) is 0 Å². The molecule has 0 spiro atoms. The van der Waals surface area contributed by atoms with Crippen LogP contribution in [0.4, 0.5) is 10.2 Å². The average molecular weight is 268 g/mol. The minimum absolute atomic E-state index is 0.0741. The zero-order valence-electron chi connectivity index (χ0n) is 9.63. The number of amides is 1. The van der Waals surface area contributed by atoms with Crippen molar-refractivity contribution in [3.63, 3.8) is 0 Å². The maximum absolute atomic E-state index is 13.5. The van der Waals surface area contributed by atoms with E-state index in [0.29, 0.717) is 12.2 Å². The highest BCUT2D eigenvalue weighted by Gasteiger charge is 2.17. The van der Waals surface area contributed by atoms with Crippen LogP contribution in [0, 0.1) is 5.82 Å². The second kappa shape index (κ2) is 5.18. The number of H-pyrrole nitrogens is 1. The summed E-state index contributed by atoms with van der Waals surface area (Å²) in [5, 5.41) is 9.10. The van der Waals surface area contributed by atoms with Crippen molar-refractivity contribution >= 4 is 23.3 Å². The third-order valence-electron chi connectivity index (χ3n) is 2.53. The molecular weight excluding hydrogens is 257 g/mol. The molecule has 0 radical (unpaired) electrons. The monoisotopic (exact) mass is 267 g/mol. The molecule has 4 nitrogen and oxygen atoms in total. The van der Waals surface area contributed by atoms with E-state index in [-0.39, 0.29) is 10.6 Å². The Labute approximate surface area is 108 Å². The highest BCUT2D eigenvalue weighted by molar-refractivity contribution is 6.34. The number of nitrogens with one attached hydrogen (secondary N) is 2. The minimum Gasteiger partial charge on any atom is -0.307 e. The number of halogens is 2. The third kappa shape index (κ3) is 2.36. The Morgan fingerprint density at radius 2 is 2.33 bits per heavy atom. The molecule has 18 heavy (non-hydrogen) atoms. The Kier molecular flexibility index (Phi) is 3.62. The molecule has 0 aliphatic carbocycles. The summed E-state index contributed by atoms with van der Waals surface area (Å²) in [6, 6.07) is 4.10. The van der Waals surface area contributed by atoms with Gasteiger partial charge in [-0.15, -0.1) is 0 Å². The van der Waals surface area contributed by atoms with Crippen molar-refractivity contribution in [3.05, 3.63) is 46.4 Å². The maximum Gasteiger partial charge on any atom is 0.261 e. The molecular formula is C12H11ClFN3O. The minimum atomic E-state index is -0.655. The van der Waals surface area contributed by atoms with Crippen LogP contribution in [0.5, 0.6) is 0 Å². The first-order valence-electron chi connectivity index (χ1n) is 5.41. The first-order chi connectivity index (χ1) is 8.63. The number of rotatable bonds is 3. The molecule has 6 heteroatoms. The van der Waals surface area contributed by atoms with Crippen LogP contribution in [0.1, 0.15) is 22.8 Å². The average Bonchev–Trinajstić information content (AvgIpc) is 2.76. The van der Waals surface area contributed by atoms with E-state index in [9.17, 15) is 9.18 Å². The lowest BCUT2D eigenvalue weighted by atomic mass is 10.2. The van der Waals surface area contributed by atoms with Gasteiger partial charge in [0.15, 0.2) is 0 Å². The molecule has 1 amide bonds. The number of carbonyl (C=O) groups excluding carboxylic acids is 1. The first kappa shape index (κ1) is 12.6. The number of nitrogens with zero attached hydrogens (tertiary/aromatic N) is 1. The van der Waals surface area contributed by atoms with Crippen molar-refractivity contribution in [2.45, 2.75) is 13.3 Å². The molecule has 1 aromatic carbocycles. The van der Waals surface area contributed by atoms with Gasteiger partial charge in [0, 0.05) is 5.56 Å². The first-order valence-corrected chi connectivity index (χ1v) is 5.79. The van der Waals surface area contributed by atoms with Crippen LogP contribution in [0.15, 0.2) is 24.4 Å². The van der Waals surface area contributed by atoms with E-state index in [0.717, 1.165) is 5.56 Å². The molecule has 0 fully saturated rings. The Morgan fingerprint density at radius 1 is 1.56 bits per heavy atom. The lowest BCUT2D eigenvalue weighted by Crippen LogP contribution is -2.15. The highest BCUT2D eigenvalue weighted by Crippen LogP contribution is 2.21.